The van der Waals surface area contributed by atoms with Crippen molar-refractivity contribution in [3.63, 3.8) is 0 Å². The zero-order chi connectivity index (χ0) is 11.0. The Bertz CT molecular complexity index is 422. The third-order valence-electron chi connectivity index (χ3n) is 2.50. The number of carbonyl (C=O) groups excluding carboxylic acids is 1. The lowest BCUT2D eigenvalue weighted by Gasteiger charge is -2.20. The van der Waals surface area contributed by atoms with Crippen LogP contribution in [0, 0.1) is 6.92 Å². The van der Waals surface area contributed by atoms with Crippen molar-refractivity contribution in [1.82, 2.24) is 0 Å². The summed E-state index contributed by atoms with van der Waals surface area (Å²) in [5.41, 5.74) is 2.36. The zero-order valence-electron chi connectivity index (χ0n) is 8.70. The molecule has 0 radical (unpaired) electrons. The summed E-state index contributed by atoms with van der Waals surface area (Å²) in [5.74, 6) is -0.0150. The van der Waals surface area contributed by atoms with Crippen LogP contribution in [-0.4, -0.2) is 11.4 Å². The summed E-state index contributed by atoms with van der Waals surface area (Å²) in [6.45, 7) is 3.79. The van der Waals surface area contributed by atoms with E-state index in [2.05, 4.69) is 0 Å². The minimum absolute atomic E-state index is 0.0150. The van der Waals surface area contributed by atoms with Crippen molar-refractivity contribution in [2.24, 2.45) is 0 Å². The lowest BCUT2D eigenvalue weighted by molar-refractivity contribution is -0.114. The summed E-state index contributed by atoms with van der Waals surface area (Å²) in [5, 5.41) is 0. The number of alkyl halides is 1. The van der Waals surface area contributed by atoms with E-state index in [9.17, 15) is 4.79 Å². The molecule has 0 spiro atoms. The second-order valence-corrected chi connectivity index (χ2v) is 4.18. The quantitative estimate of drug-likeness (QED) is 0.528. The number of hydrogen-bond donors (Lipinski definition) is 0. The molecular weight excluding hydrogens is 210 g/mol. The molecule has 0 aromatic heterocycles. The van der Waals surface area contributed by atoms with Gasteiger partial charge in [-0.15, -0.1) is 0 Å². The first kappa shape index (κ1) is 10.2. The molecule has 1 aliphatic rings. The molecule has 1 aromatic carbocycles. The normalized spacial score (nSPS) is 20.7. The first-order valence-electron chi connectivity index (χ1n) is 4.82. The van der Waals surface area contributed by atoms with E-state index in [0.29, 0.717) is 5.57 Å². The monoisotopic (exact) mass is 221 g/mol. The van der Waals surface area contributed by atoms with Gasteiger partial charge in [-0.05, 0) is 32.1 Å². The van der Waals surface area contributed by atoms with E-state index >= 15 is 0 Å². The molecule has 0 bridgehead atoms. The molecule has 0 aliphatic carbocycles. The van der Waals surface area contributed by atoms with Crippen LogP contribution in [0.25, 0.3) is 0 Å². The molecule has 1 aromatic rings. The lowest BCUT2D eigenvalue weighted by atomic mass is 10.2. The summed E-state index contributed by atoms with van der Waals surface area (Å²) in [6, 6.07) is 7.77. The maximum Gasteiger partial charge on any atom is 0.255 e. The average Bonchev–Trinajstić information content (AvgIpc) is 2.44. The Balaban J connectivity index is 2.33. The maximum absolute atomic E-state index is 11.8. The predicted octanol–water partition coefficient (Wildman–Crippen LogP) is 2.85. The number of benzene rings is 1. The van der Waals surface area contributed by atoms with E-state index in [4.69, 9.17) is 11.6 Å². The van der Waals surface area contributed by atoms with Gasteiger partial charge in [-0.3, -0.25) is 9.69 Å². The van der Waals surface area contributed by atoms with Crippen LogP contribution < -0.4 is 4.90 Å². The summed E-state index contributed by atoms with van der Waals surface area (Å²) in [7, 11) is 0. The first-order chi connectivity index (χ1) is 7.09. The topological polar surface area (TPSA) is 20.3 Å². The molecular formula is C12H12ClNO. The van der Waals surface area contributed by atoms with Crippen LogP contribution in [0.1, 0.15) is 12.5 Å². The van der Waals surface area contributed by atoms with Gasteiger partial charge in [0.15, 0.2) is 0 Å². The fourth-order valence-electron chi connectivity index (χ4n) is 1.62. The Morgan fingerprint density at radius 2 is 1.80 bits per heavy atom. The summed E-state index contributed by atoms with van der Waals surface area (Å²) >= 11 is 6.07. The first-order valence-corrected chi connectivity index (χ1v) is 5.26. The Morgan fingerprint density at radius 1 is 1.20 bits per heavy atom. The highest BCUT2D eigenvalue weighted by atomic mass is 35.5. The number of carbonyl (C=O) groups is 1. The van der Waals surface area contributed by atoms with Crippen molar-refractivity contribution in [2.75, 3.05) is 4.90 Å². The molecule has 78 valence electrons. The summed E-state index contributed by atoms with van der Waals surface area (Å²) in [6.07, 6.45) is 1.77. The van der Waals surface area contributed by atoms with E-state index in [1.54, 1.807) is 17.9 Å². The highest BCUT2D eigenvalue weighted by Gasteiger charge is 2.29. The van der Waals surface area contributed by atoms with Gasteiger partial charge in [-0.2, -0.15) is 0 Å². The number of aryl methyl sites for hydroxylation is 1. The average molecular weight is 222 g/mol. The van der Waals surface area contributed by atoms with Gasteiger partial charge in [0.1, 0.15) is 5.50 Å². The highest BCUT2D eigenvalue weighted by molar-refractivity contribution is 6.29. The third-order valence-corrected chi connectivity index (χ3v) is 2.82. The Kier molecular flexibility index (Phi) is 2.53. The van der Waals surface area contributed by atoms with Gasteiger partial charge in [-0.25, -0.2) is 0 Å². The number of hydrogen-bond acceptors (Lipinski definition) is 1. The fraction of sp³-hybridized carbons (Fsp3) is 0.250. The van der Waals surface area contributed by atoms with E-state index in [0.717, 1.165) is 5.69 Å². The molecule has 0 N–H and O–H groups in total. The van der Waals surface area contributed by atoms with Crippen LogP contribution in [-0.2, 0) is 4.79 Å². The van der Waals surface area contributed by atoms with E-state index < -0.39 is 0 Å². The third kappa shape index (κ3) is 1.77. The number of rotatable bonds is 1. The minimum Gasteiger partial charge on any atom is -0.288 e. The van der Waals surface area contributed by atoms with E-state index in [1.165, 1.54) is 5.56 Å². The number of anilines is 1. The second-order valence-electron chi connectivity index (χ2n) is 3.73. The van der Waals surface area contributed by atoms with Gasteiger partial charge < -0.3 is 0 Å². The van der Waals surface area contributed by atoms with Crippen molar-refractivity contribution in [2.45, 2.75) is 19.3 Å². The van der Waals surface area contributed by atoms with Crippen LogP contribution in [0.15, 0.2) is 35.9 Å². The Labute approximate surface area is 94.2 Å². The van der Waals surface area contributed by atoms with Crippen molar-refractivity contribution < 1.29 is 4.79 Å². The van der Waals surface area contributed by atoms with Gasteiger partial charge in [0.05, 0.1) is 0 Å². The van der Waals surface area contributed by atoms with Crippen molar-refractivity contribution in [3.05, 3.63) is 41.5 Å². The lowest BCUT2D eigenvalue weighted by Crippen LogP contribution is -2.30. The van der Waals surface area contributed by atoms with Crippen LogP contribution in [0.4, 0.5) is 5.69 Å². The molecule has 0 fully saturated rings. The SMILES string of the molecule is CC1=CC(Cl)N(c2ccc(C)cc2)C1=O. The molecule has 3 heteroatoms. The Morgan fingerprint density at radius 3 is 2.27 bits per heavy atom. The largest absolute Gasteiger partial charge is 0.288 e. The molecule has 2 rings (SSSR count). The number of nitrogens with zero attached hydrogens (tertiary/aromatic N) is 1. The molecule has 0 saturated heterocycles. The smallest absolute Gasteiger partial charge is 0.255 e. The molecule has 15 heavy (non-hydrogen) atoms. The second kappa shape index (κ2) is 3.70. The zero-order valence-corrected chi connectivity index (χ0v) is 9.45. The van der Waals surface area contributed by atoms with Crippen LogP contribution in [0.5, 0.6) is 0 Å². The summed E-state index contributed by atoms with van der Waals surface area (Å²) < 4.78 is 0. The van der Waals surface area contributed by atoms with Crippen molar-refractivity contribution >= 4 is 23.2 Å². The Hall–Kier alpha value is -1.28. The molecule has 1 aliphatic heterocycles. The van der Waals surface area contributed by atoms with E-state index in [1.807, 2.05) is 31.2 Å². The fourth-order valence-corrected chi connectivity index (χ4v) is 2.01. The van der Waals surface area contributed by atoms with Crippen molar-refractivity contribution in [1.29, 1.82) is 0 Å². The number of halogens is 1. The van der Waals surface area contributed by atoms with Gasteiger partial charge in [-0.1, -0.05) is 29.3 Å². The highest BCUT2D eigenvalue weighted by Crippen LogP contribution is 2.27. The standard InChI is InChI=1S/C12H12ClNO/c1-8-3-5-10(6-4-8)14-11(13)7-9(2)12(14)15/h3-7,11H,1-2H3. The van der Waals surface area contributed by atoms with E-state index in [-0.39, 0.29) is 11.4 Å². The van der Waals surface area contributed by atoms with Crippen molar-refractivity contribution in [3.8, 4) is 0 Å². The maximum atomic E-state index is 11.8. The van der Waals surface area contributed by atoms with Gasteiger partial charge in [0.25, 0.3) is 5.91 Å². The molecule has 1 amide bonds. The molecule has 1 unspecified atom stereocenters. The minimum atomic E-state index is -0.361. The summed E-state index contributed by atoms with van der Waals surface area (Å²) in [4.78, 5) is 13.4. The van der Waals surface area contributed by atoms with Gasteiger partial charge in [0, 0.05) is 11.3 Å². The van der Waals surface area contributed by atoms with Gasteiger partial charge in [0.2, 0.25) is 0 Å². The predicted molar refractivity (Wildman–Crippen MR) is 62.1 cm³/mol. The number of amides is 1. The van der Waals surface area contributed by atoms with Gasteiger partial charge >= 0.3 is 0 Å². The molecule has 1 heterocycles. The van der Waals surface area contributed by atoms with Crippen LogP contribution in [0.2, 0.25) is 0 Å². The molecule has 0 saturated carbocycles. The van der Waals surface area contributed by atoms with Crippen LogP contribution >= 0.6 is 11.6 Å². The molecule has 2 nitrogen and oxygen atoms in total. The molecule has 1 atom stereocenters. The van der Waals surface area contributed by atoms with Crippen LogP contribution in [0.3, 0.4) is 0 Å².